The molecule has 0 bridgehead atoms. The van der Waals surface area contributed by atoms with Gasteiger partial charge in [0, 0.05) is 24.5 Å². The van der Waals surface area contributed by atoms with Gasteiger partial charge in [0.1, 0.15) is 5.75 Å². The molecule has 0 unspecified atom stereocenters. The van der Waals surface area contributed by atoms with Crippen LogP contribution in [0.5, 0.6) is 5.75 Å². The van der Waals surface area contributed by atoms with Gasteiger partial charge in [0.2, 0.25) is 5.91 Å². The van der Waals surface area contributed by atoms with Crippen LogP contribution in [0.2, 0.25) is 0 Å². The first-order valence-electron chi connectivity index (χ1n) is 9.56. The SMILES string of the molecule is COCCn1c(=NC(=O)CCCS(=O)(=O)c2ccc(OC)cc2)sc2cc(Br)ccc21. The average Bonchev–Trinajstić information content (AvgIpc) is 3.07. The summed E-state index contributed by atoms with van der Waals surface area (Å²) in [6.07, 6.45) is 0.253. The maximum atomic E-state index is 12.5. The van der Waals surface area contributed by atoms with Crippen molar-refractivity contribution in [3.63, 3.8) is 0 Å². The Morgan fingerprint density at radius 1 is 1.16 bits per heavy atom. The number of aromatic nitrogens is 1. The topological polar surface area (TPSA) is 87.0 Å². The number of benzene rings is 2. The molecule has 0 aliphatic carbocycles. The second-order valence-corrected chi connectivity index (χ2v) is 10.8. The first-order valence-corrected chi connectivity index (χ1v) is 12.8. The van der Waals surface area contributed by atoms with Crippen LogP contribution >= 0.6 is 27.3 Å². The van der Waals surface area contributed by atoms with Crippen molar-refractivity contribution in [1.29, 1.82) is 0 Å². The van der Waals surface area contributed by atoms with Gasteiger partial charge in [0.25, 0.3) is 0 Å². The summed E-state index contributed by atoms with van der Waals surface area (Å²) in [5.74, 6) is 0.121. The number of ether oxygens (including phenoxy) is 2. The Morgan fingerprint density at radius 3 is 2.58 bits per heavy atom. The van der Waals surface area contributed by atoms with Gasteiger partial charge >= 0.3 is 0 Å². The highest BCUT2D eigenvalue weighted by atomic mass is 79.9. The van der Waals surface area contributed by atoms with Crippen molar-refractivity contribution in [3.05, 3.63) is 51.7 Å². The van der Waals surface area contributed by atoms with Gasteiger partial charge in [-0.25, -0.2) is 8.42 Å². The number of amides is 1. The van der Waals surface area contributed by atoms with E-state index < -0.39 is 9.84 Å². The first kappa shape index (κ1) is 23.6. The summed E-state index contributed by atoms with van der Waals surface area (Å²) in [6.45, 7) is 1.06. The lowest BCUT2D eigenvalue weighted by molar-refractivity contribution is -0.118. The van der Waals surface area contributed by atoms with Crippen molar-refractivity contribution in [2.45, 2.75) is 24.3 Å². The summed E-state index contributed by atoms with van der Waals surface area (Å²) in [7, 11) is -0.330. The number of thiazole rings is 1. The number of methoxy groups -OCH3 is 2. The second kappa shape index (κ2) is 10.5. The molecule has 0 aliphatic heterocycles. The number of carbonyl (C=O) groups excluding carboxylic acids is 1. The predicted octanol–water partition coefficient (Wildman–Crippen LogP) is 3.80. The number of fused-ring (bicyclic) bond motifs is 1. The fourth-order valence-electron chi connectivity index (χ4n) is 3.01. The Labute approximate surface area is 193 Å². The van der Waals surface area contributed by atoms with Gasteiger partial charge in [-0.3, -0.25) is 4.79 Å². The fraction of sp³-hybridized carbons (Fsp3) is 0.333. The predicted molar refractivity (Wildman–Crippen MR) is 124 cm³/mol. The maximum absolute atomic E-state index is 12.5. The summed E-state index contributed by atoms with van der Waals surface area (Å²) in [4.78, 5) is 17.5. The van der Waals surface area contributed by atoms with Crippen LogP contribution in [0.15, 0.2) is 56.8 Å². The number of hydrogen-bond donors (Lipinski definition) is 0. The Kier molecular flexibility index (Phi) is 8.04. The fourth-order valence-corrected chi connectivity index (χ4v) is 5.94. The molecule has 7 nitrogen and oxygen atoms in total. The normalized spacial score (nSPS) is 12.4. The van der Waals surface area contributed by atoms with Gasteiger partial charge in [-0.2, -0.15) is 4.99 Å². The number of carbonyl (C=O) groups is 1. The maximum Gasteiger partial charge on any atom is 0.248 e. The van der Waals surface area contributed by atoms with Crippen molar-refractivity contribution >= 4 is 53.2 Å². The molecule has 3 aromatic rings. The minimum Gasteiger partial charge on any atom is -0.497 e. The molecule has 0 radical (unpaired) electrons. The van der Waals surface area contributed by atoms with E-state index in [1.54, 1.807) is 19.2 Å². The van der Waals surface area contributed by atoms with Crippen LogP contribution in [0.3, 0.4) is 0 Å². The Morgan fingerprint density at radius 2 is 1.90 bits per heavy atom. The number of rotatable bonds is 9. The summed E-state index contributed by atoms with van der Waals surface area (Å²) >= 11 is 4.88. The van der Waals surface area contributed by atoms with Gasteiger partial charge in [-0.1, -0.05) is 27.3 Å². The van der Waals surface area contributed by atoms with Crippen LogP contribution in [0.4, 0.5) is 0 Å². The third kappa shape index (κ3) is 6.03. The van der Waals surface area contributed by atoms with Crippen molar-refractivity contribution in [3.8, 4) is 5.75 Å². The van der Waals surface area contributed by atoms with Gasteiger partial charge < -0.3 is 14.0 Å². The lowest BCUT2D eigenvalue weighted by Crippen LogP contribution is -2.19. The van der Waals surface area contributed by atoms with E-state index in [2.05, 4.69) is 20.9 Å². The van der Waals surface area contributed by atoms with Crippen LogP contribution in [-0.4, -0.2) is 45.5 Å². The van der Waals surface area contributed by atoms with Gasteiger partial charge in [-0.15, -0.1) is 0 Å². The van der Waals surface area contributed by atoms with Crippen LogP contribution in [0.1, 0.15) is 12.8 Å². The molecule has 0 spiro atoms. The second-order valence-electron chi connectivity index (χ2n) is 6.74. The molecular formula is C21H23BrN2O5S2. The lowest BCUT2D eigenvalue weighted by Gasteiger charge is -2.05. The van der Waals surface area contributed by atoms with E-state index in [4.69, 9.17) is 9.47 Å². The Hall–Kier alpha value is -2.01. The van der Waals surface area contributed by atoms with Crippen LogP contribution < -0.4 is 9.54 Å². The highest BCUT2D eigenvalue weighted by Crippen LogP contribution is 2.22. The molecule has 1 heterocycles. The largest absolute Gasteiger partial charge is 0.497 e. The molecule has 1 aromatic heterocycles. The summed E-state index contributed by atoms with van der Waals surface area (Å²) in [5.41, 5.74) is 0.971. The monoisotopic (exact) mass is 526 g/mol. The molecule has 3 rings (SSSR count). The lowest BCUT2D eigenvalue weighted by atomic mass is 10.3. The molecule has 0 aliphatic rings. The first-order chi connectivity index (χ1) is 14.8. The van der Waals surface area contributed by atoms with Crippen molar-refractivity contribution in [2.24, 2.45) is 4.99 Å². The molecule has 31 heavy (non-hydrogen) atoms. The van der Waals surface area contributed by atoms with Gasteiger partial charge in [0.15, 0.2) is 14.6 Å². The molecule has 1 amide bonds. The van der Waals surface area contributed by atoms with Gasteiger partial charge in [-0.05, 0) is 48.9 Å². The van der Waals surface area contributed by atoms with E-state index in [1.807, 2.05) is 22.8 Å². The third-order valence-electron chi connectivity index (χ3n) is 4.61. The van der Waals surface area contributed by atoms with E-state index in [1.165, 1.54) is 30.6 Å². The average molecular weight is 527 g/mol. The van der Waals surface area contributed by atoms with Gasteiger partial charge in [0.05, 0.1) is 34.6 Å². The standard InChI is InChI=1S/C21H23BrN2O5S2/c1-28-12-11-24-18-10-5-15(22)14-19(18)30-21(24)23-20(25)4-3-13-31(26,27)17-8-6-16(29-2)7-9-17/h5-10,14H,3-4,11-13H2,1-2H3. The molecular weight excluding hydrogens is 504 g/mol. The van der Waals surface area contributed by atoms with E-state index >= 15 is 0 Å². The molecule has 166 valence electrons. The zero-order valence-electron chi connectivity index (χ0n) is 17.2. The molecule has 0 saturated carbocycles. The van der Waals surface area contributed by atoms with Crippen LogP contribution in [-0.2, 0) is 25.9 Å². The Bertz CT molecular complexity index is 1230. The van der Waals surface area contributed by atoms with Crippen molar-refractivity contribution in [1.82, 2.24) is 4.57 Å². The highest BCUT2D eigenvalue weighted by Gasteiger charge is 2.15. The number of hydrogen-bond acceptors (Lipinski definition) is 6. The minimum absolute atomic E-state index is 0.0532. The van der Waals surface area contributed by atoms with E-state index in [9.17, 15) is 13.2 Å². The molecule has 0 saturated heterocycles. The molecule has 0 N–H and O–H groups in total. The highest BCUT2D eigenvalue weighted by molar-refractivity contribution is 9.10. The molecule has 0 atom stereocenters. The summed E-state index contributed by atoms with van der Waals surface area (Å²) in [6, 6.07) is 12.1. The minimum atomic E-state index is -3.47. The van der Waals surface area contributed by atoms with E-state index in [-0.39, 0.29) is 29.4 Å². The summed E-state index contributed by atoms with van der Waals surface area (Å²) in [5, 5.41) is 0. The zero-order valence-corrected chi connectivity index (χ0v) is 20.4. The van der Waals surface area contributed by atoms with Crippen LogP contribution in [0, 0.1) is 0 Å². The summed E-state index contributed by atoms with van der Waals surface area (Å²) < 4.78 is 39.1. The third-order valence-corrected chi connectivity index (χ3v) is 7.96. The number of nitrogens with zero attached hydrogens (tertiary/aromatic N) is 2. The Balaban J connectivity index is 1.72. The van der Waals surface area contributed by atoms with E-state index in [0.717, 1.165) is 14.7 Å². The van der Waals surface area contributed by atoms with E-state index in [0.29, 0.717) is 23.7 Å². The molecule has 0 fully saturated rings. The molecule has 2 aromatic carbocycles. The van der Waals surface area contributed by atoms with Crippen molar-refractivity contribution in [2.75, 3.05) is 26.6 Å². The zero-order chi connectivity index (χ0) is 22.4. The number of halogens is 1. The van der Waals surface area contributed by atoms with Crippen LogP contribution in [0.25, 0.3) is 10.2 Å². The molecule has 10 heteroatoms. The quantitative estimate of drug-likeness (QED) is 0.423. The number of sulfone groups is 1. The smallest absolute Gasteiger partial charge is 0.248 e. The van der Waals surface area contributed by atoms with Crippen molar-refractivity contribution < 1.29 is 22.7 Å².